The lowest BCUT2D eigenvalue weighted by Gasteiger charge is -2.13. The third-order valence-electron chi connectivity index (χ3n) is 5.25. The largest absolute Gasteiger partial charge is 0.376 e. The molecule has 2 amide bonds. The lowest BCUT2D eigenvalue weighted by Crippen LogP contribution is -2.32. The van der Waals surface area contributed by atoms with Crippen LogP contribution in [0.1, 0.15) is 55.3 Å². The number of hydrogen-bond acceptors (Lipinski definition) is 4. The van der Waals surface area contributed by atoms with Crippen LogP contribution in [0.25, 0.3) is 0 Å². The number of benzene rings is 1. The maximum Gasteiger partial charge on any atom is 0.251 e. The third kappa shape index (κ3) is 6.68. The number of carbonyl (C=O) groups excluding carboxylic acids is 2. The Morgan fingerprint density at radius 2 is 2.07 bits per heavy atom. The van der Waals surface area contributed by atoms with Crippen LogP contribution in [-0.2, 0) is 9.53 Å². The Kier molecular flexibility index (Phi) is 7.91. The zero-order valence-electron chi connectivity index (χ0n) is 16.5. The van der Waals surface area contributed by atoms with Crippen LogP contribution in [0.2, 0.25) is 0 Å². The molecule has 1 fully saturated rings. The molecule has 1 saturated heterocycles. The SMILES string of the molecule is O=C(CNc1cccc(C(=O)NCC2CCCO2)c1)NCCC1=CCCCC1. The summed E-state index contributed by atoms with van der Waals surface area (Å²) in [5.41, 5.74) is 2.80. The van der Waals surface area contributed by atoms with Gasteiger partial charge < -0.3 is 20.7 Å². The predicted octanol–water partition coefficient (Wildman–Crippen LogP) is 3.01. The first-order valence-corrected chi connectivity index (χ1v) is 10.4. The molecule has 1 aliphatic heterocycles. The quantitative estimate of drug-likeness (QED) is 0.571. The second-order valence-corrected chi connectivity index (χ2v) is 7.49. The fourth-order valence-corrected chi connectivity index (χ4v) is 3.62. The summed E-state index contributed by atoms with van der Waals surface area (Å²) in [6.45, 7) is 2.19. The predicted molar refractivity (Wildman–Crippen MR) is 110 cm³/mol. The van der Waals surface area contributed by atoms with E-state index in [-0.39, 0.29) is 24.5 Å². The molecule has 1 aliphatic carbocycles. The van der Waals surface area contributed by atoms with Gasteiger partial charge in [0.2, 0.25) is 5.91 Å². The highest BCUT2D eigenvalue weighted by Crippen LogP contribution is 2.19. The number of ether oxygens (including phenoxy) is 1. The van der Waals surface area contributed by atoms with Crippen LogP contribution in [0.3, 0.4) is 0 Å². The zero-order valence-corrected chi connectivity index (χ0v) is 16.5. The van der Waals surface area contributed by atoms with Crippen molar-refractivity contribution in [2.24, 2.45) is 0 Å². The van der Waals surface area contributed by atoms with E-state index in [1.165, 1.54) is 24.8 Å². The van der Waals surface area contributed by atoms with E-state index >= 15 is 0 Å². The van der Waals surface area contributed by atoms with Crippen LogP contribution in [0, 0.1) is 0 Å². The summed E-state index contributed by atoms with van der Waals surface area (Å²) in [4.78, 5) is 24.3. The Bertz CT molecular complexity index is 696. The highest BCUT2D eigenvalue weighted by Gasteiger charge is 2.16. The molecule has 2 aliphatic rings. The van der Waals surface area contributed by atoms with Crippen molar-refractivity contribution in [3.8, 4) is 0 Å². The minimum absolute atomic E-state index is 0.0374. The average molecular weight is 386 g/mol. The molecule has 1 heterocycles. The van der Waals surface area contributed by atoms with Crippen LogP contribution in [0.15, 0.2) is 35.9 Å². The Labute approximate surface area is 167 Å². The Morgan fingerprint density at radius 1 is 1.14 bits per heavy atom. The van der Waals surface area contributed by atoms with E-state index in [2.05, 4.69) is 22.0 Å². The summed E-state index contributed by atoms with van der Waals surface area (Å²) >= 11 is 0. The molecule has 0 radical (unpaired) electrons. The van der Waals surface area contributed by atoms with E-state index in [4.69, 9.17) is 4.74 Å². The van der Waals surface area contributed by atoms with Crippen LogP contribution in [0.5, 0.6) is 0 Å². The zero-order chi connectivity index (χ0) is 19.6. The number of rotatable bonds is 9. The van der Waals surface area contributed by atoms with E-state index in [1.807, 2.05) is 12.1 Å². The molecule has 6 heteroatoms. The van der Waals surface area contributed by atoms with Gasteiger partial charge in [-0.15, -0.1) is 0 Å². The lowest BCUT2D eigenvalue weighted by molar-refractivity contribution is -0.119. The van der Waals surface area contributed by atoms with E-state index in [1.54, 1.807) is 12.1 Å². The molecule has 3 N–H and O–H groups in total. The minimum Gasteiger partial charge on any atom is -0.376 e. The second-order valence-electron chi connectivity index (χ2n) is 7.49. The average Bonchev–Trinajstić information content (AvgIpc) is 3.25. The summed E-state index contributed by atoms with van der Waals surface area (Å²) in [6, 6.07) is 7.21. The van der Waals surface area contributed by atoms with Crippen LogP contribution >= 0.6 is 0 Å². The number of carbonyl (C=O) groups is 2. The smallest absolute Gasteiger partial charge is 0.251 e. The topological polar surface area (TPSA) is 79.5 Å². The standard InChI is InChI=1S/C22H31N3O3/c26-21(23-12-11-17-6-2-1-3-7-17)16-24-19-9-4-8-18(14-19)22(27)25-15-20-10-5-13-28-20/h4,6,8-9,14,20,24H,1-3,5,7,10-13,15-16H2,(H,23,26)(H,25,27). The van der Waals surface area contributed by atoms with Gasteiger partial charge >= 0.3 is 0 Å². The fourth-order valence-electron chi connectivity index (χ4n) is 3.62. The molecule has 152 valence electrons. The molecule has 28 heavy (non-hydrogen) atoms. The number of anilines is 1. The number of allylic oxidation sites excluding steroid dienone is 1. The van der Waals surface area contributed by atoms with Crippen LogP contribution in [0.4, 0.5) is 5.69 Å². The van der Waals surface area contributed by atoms with E-state index in [0.29, 0.717) is 18.7 Å². The van der Waals surface area contributed by atoms with Crippen molar-refractivity contribution < 1.29 is 14.3 Å². The van der Waals surface area contributed by atoms with Gasteiger partial charge in [0.05, 0.1) is 12.6 Å². The summed E-state index contributed by atoms with van der Waals surface area (Å²) in [6.07, 6.45) is 10.3. The summed E-state index contributed by atoms with van der Waals surface area (Å²) in [5.74, 6) is -0.158. The molecule has 0 aromatic heterocycles. The first kappa shape index (κ1) is 20.4. The van der Waals surface area contributed by atoms with Gasteiger partial charge in [0, 0.05) is 30.9 Å². The van der Waals surface area contributed by atoms with E-state index in [0.717, 1.165) is 38.0 Å². The Balaban J connectivity index is 1.37. The molecule has 1 aromatic rings. The van der Waals surface area contributed by atoms with E-state index in [9.17, 15) is 9.59 Å². The molecule has 6 nitrogen and oxygen atoms in total. The highest BCUT2D eigenvalue weighted by molar-refractivity contribution is 5.95. The summed E-state index contributed by atoms with van der Waals surface area (Å²) in [7, 11) is 0. The van der Waals surface area contributed by atoms with Crippen molar-refractivity contribution in [3.05, 3.63) is 41.5 Å². The van der Waals surface area contributed by atoms with Gasteiger partial charge in [0.25, 0.3) is 5.91 Å². The maximum atomic E-state index is 12.3. The lowest BCUT2D eigenvalue weighted by atomic mass is 9.97. The van der Waals surface area contributed by atoms with Crippen molar-refractivity contribution >= 4 is 17.5 Å². The van der Waals surface area contributed by atoms with Gasteiger partial charge in [-0.3, -0.25) is 9.59 Å². The van der Waals surface area contributed by atoms with Crippen molar-refractivity contribution in [2.45, 2.75) is 51.0 Å². The normalized spacial score (nSPS) is 19.0. The van der Waals surface area contributed by atoms with Gasteiger partial charge in [-0.2, -0.15) is 0 Å². The fraction of sp³-hybridized carbons (Fsp3) is 0.545. The molecular weight excluding hydrogens is 354 g/mol. The Morgan fingerprint density at radius 3 is 2.86 bits per heavy atom. The van der Waals surface area contributed by atoms with Crippen molar-refractivity contribution in [1.82, 2.24) is 10.6 Å². The van der Waals surface area contributed by atoms with Gasteiger partial charge in [0.1, 0.15) is 0 Å². The maximum absolute atomic E-state index is 12.3. The van der Waals surface area contributed by atoms with Gasteiger partial charge in [-0.1, -0.05) is 17.7 Å². The molecule has 0 bridgehead atoms. The molecule has 3 rings (SSSR count). The Hall–Kier alpha value is -2.34. The number of hydrogen-bond donors (Lipinski definition) is 3. The summed E-state index contributed by atoms with van der Waals surface area (Å²) in [5, 5.41) is 8.96. The van der Waals surface area contributed by atoms with Gasteiger partial charge in [-0.05, 0) is 63.1 Å². The molecule has 1 atom stereocenters. The van der Waals surface area contributed by atoms with Gasteiger partial charge in [0.15, 0.2) is 0 Å². The van der Waals surface area contributed by atoms with Gasteiger partial charge in [-0.25, -0.2) is 0 Å². The summed E-state index contributed by atoms with van der Waals surface area (Å²) < 4.78 is 5.52. The number of nitrogens with one attached hydrogen (secondary N) is 3. The first-order chi connectivity index (χ1) is 13.7. The minimum atomic E-state index is -0.121. The van der Waals surface area contributed by atoms with Crippen molar-refractivity contribution in [2.75, 3.05) is 31.6 Å². The first-order valence-electron chi connectivity index (χ1n) is 10.4. The highest BCUT2D eigenvalue weighted by atomic mass is 16.5. The third-order valence-corrected chi connectivity index (χ3v) is 5.25. The molecule has 0 saturated carbocycles. The molecule has 0 spiro atoms. The van der Waals surface area contributed by atoms with Crippen molar-refractivity contribution in [1.29, 1.82) is 0 Å². The van der Waals surface area contributed by atoms with E-state index < -0.39 is 0 Å². The van der Waals surface area contributed by atoms with Crippen LogP contribution in [-0.4, -0.2) is 44.2 Å². The molecular formula is C22H31N3O3. The molecule has 1 unspecified atom stereocenters. The monoisotopic (exact) mass is 385 g/mol. The van der Waals surface area contributed by atoms with Crippen LogP contribution < -0.4 is 16.0 Å². The van der Waals surface area contributed by atoms with Crippen molar-refractivity contribution in [3.63, 3.8) is 0 Å². The molecule has 1 aromatic carbocycles. The number of amides is 2. The second kappa shape index (κ2) is 10.9.